The molecule has 1 amide bonds. The second kappa shape index (κ2) is 8.76. The van der Waals surface area contributed by atoms with E-state index >= 15 is 0 Å². The number of piperidine rings is 2. The van der Waals surface area contributed by atoms with Crippen LogP contribution in [0, 0.1) is 0 Å². The molecule has 2 saturated heterocycles. The average Bonchev–Trinajstić information content (AvgIpc) is 3.21. The minimum atomic E-state index is -4.42. The molecule has 4 rings (SSSR count). The molecule has 0 aromatic carbocycles. The molecule has 0 spiro atoms. The van der Waals surface area contributed by atoms with Crippen LogP contribution in [0.3, 0.4) is 0 Å². The third kappa shape index (κ3) is 4.42. The van der Waals surface area contributed by atoms with Gasteiger partial charge in [0.25, 0.3) is 0 Å². The molecule has 31 heavy (non-hydrogen) atoms. The molecule has 0 radical (unpaired) electrons. The van der Waals surface area contributed by atoms with Crippen molar-refractivity contribution in [3.8, 4) is 0 Å². The lowest BCUT2D eigenvalue weighted by atomic mass is 9.95. The highest BCUT2D eigenvalue weighted by Gasteiger charge is 2.36. The van der Waals surface area contributed by atoms with Crippen molar-refractivity contribution in [2.45, 2.75) is 76.6 Å². The average molecular weight is 438 g/mol. The Morgan fingerprint density at radius 1 is 1.16 bits per heavy atom. The van der Waals surface area contributed by atoms with Gasteiger partial charge in [-0.15, -0.1) is 10.2 Å². The van der Waals surface area contributed by atoms with E-state index in [-0.39, 0.29) is 17.9 Å². The molecular weight excluding hydrogens is 407 g/mol. The Hall–Kier alpha value is -2.16. The molecular formula is C22H30F3N5O. The molecule has 3 atom stereocenters. The molecule has 2 aliphatic heterocycles. The van der Waals surface area contributed by atoms with Crippen molar-refractivity contribution in [2.75, 3.05) is 19.6 Å². The van der Waals surface area contributed by atoms with Crippen LogP contribution in [0.1, 0.15) is 69.7 Å². The van der Waals surface area contributed by atoms with Gasteiger partial charge >= 0.3 is 6.18 Å². The molecule has 9 heteroatoms. The quantitative estimate of drug-likeness (QED) is 0.723. The summed E-state index contributed by atoms with van der Waals surface area (Å²) in [5.41, 5.74) is -0.309. The first-order chi connectivity index (χ1) is 14.8. The Bertz CT molecular complexity index is 927. The predicted octanol–water partition coefficient (Wildman–Crippen LogP) is 4.11. The Morgan fingerprint density at radius 2 is 1.97 bits per heavy atom. The molecule has 170 valence electrons. The topological polar surface area (TPSA) is 53.7 Å². The normalized spacial score (nSPS) is 24.5. The molecule has 0 aliphatic carbocycles. The molecule has 0 N–H and O–H groups in total. The number of fused-ring (bicyclic) bond motifs is 1. The van der Waals surface area contributed by atoms with E-state index in [0.717, 1.165) is 57.5 Å². The number of pyridine rings is 1. The second-order valence-electron chi connectivity index (χ2n) is 8.80. The van der Waals surface area contributed by atoms with Crippen molar-refractivity contribution in [2.24, 2.45) is 0 Å². The standard InChI is InChI=1S/C22H30F3N5O/c1-3-18-8-4-5-12-29(18)21(31)15(2)28-11-6-7-16(13-28)20-27-26-19-10-9-17(14-30(19)20)22(23,24)25/h9-10,14-16,18H,3-8,11-13H2,1-2H3. The summed E-state index contributed by atoms with van der Waals surface area (Å²) in [6.07, 6.45) is 2.59. The van der Waals surface area contributed by atoms with Gasteiger partial charge in [0.1, 0.15) is 5.82 Å². The lowest BCUT2D eigenvalue weighted by Crippen LogP contribution is -2.54. The Morgan fingerprint density at radius 3 is 2.71 bits per heavy atom. The van der Waals surface area contributed by atoms with Crippen LogP contribution in [0.4, 0.5) is 13.2 Å². The van der Waals surface area contributed by atoms with E-state index in [4.69, 9.17) is 0 Å². The van der Waals surface area contributed by atoms with Gasteiger partial charge < -0.3 is 4.90 Å². The van der Waals surface area contributed by atoms with Crippen LogP contribution >= 0.6 is 0 Å². The number of alkyl halides is 3. The number of amides is 1. The van der Waals surface area contributed by atoms with Crippen LogP contribution in [-0.4, -0.2) is 62.0 Å². The molecule has 0 saturated carbocycles. The van der Waals surface area contributed by atoms with Gasteiger partial charge in [-0.3, -0.25) is 14.1 Å². The summed E-state index contributed by atoms with van der Waals surface area (Å²) in [5.74, 6) is 0.637. The number of likely N-dealkylation sites (tertiary alicyclic amines) is 2. The van der Waals surface area contributed by atoms with Gasteiger partial charge in [-0.1, -0.05) is 6.92 Å². The Kier molecular flexibility index (Phi) is 6.23. The van der Waals surface area contributed by atoms with Crippen LogP contribution in [0.5, 0.6) is 0 Å². The molecule has 6 nitrogen and oxygen atoms in total. The fourth-order valence-corrected chi connectivity index (χ4v) is 5.03. The highest BCUT2D eigenvalue weighted by Crippen LogP contribution is 2.32. The van der Waals surface area contributed by atoms with Gasteiger partial charge in [0, 0.05) is 31.2 Å². The summed E-state index contributed by atoms with van der Waals surface area (Å²) in [5, 5.41) is 8.29. The van der Waals surface area contributed by atoms with Crippen molar-refractivity contribution in [1.82, 2.24) is 24.4 Å². The Labute approximate surface area is 180 Å². The zero-order chi connectivity index (χ0) is 22.2. The maximum atomic E-state index is 13.3. The van der Waals surface area contributed by atoms with Gasteiger partial charge in [-0.05, 0) is 64.1 Å². The van der Waals surface area contributed by atoms with Gasteiger partial charge in [0.2, 0.25) is 5.91 Å². The number of aromatic nitrogens is 3. The van der Waals surface area contributed by atoms with E-state index in [1.165, 1.54) is 16.9 Å². The van der Waals surface area contributed by atoms with Crippen molar-refractivity contribution in [1.29, 1.82) is 0 Å². The highest BCUT2D eigenvalue weighted by atomic mass is 19.4. The van der Waals surface area contributed by atoms with Crippen LogP contribution in [0.2, 0.25) is 0 Å². The number of rotatable bonds is 4. The summed E-state index contributed by atoms with van der Waals surface area (Å²) in [4.78, 5) is 17.5. The van der Waals surface area contributed by atoms with Crippen LogP contribution in [0.15, 0.2) is 18.3 Å². The summed E-state index contributed by atoms with van der Waals surface area (Å²) in [6.45, 7) is 6.29. The van der Waals surface area contributed by atoms with Crippen LogP contribution in [-0.2, 0) is 11.0 Å². The molecule has 0 bridgehead atoms. The first kappa shape index (κ1) is 22.0. The number of hydrogen-bond acceptors (Lipinski definition) is 4. The third-order valence-electron chi connectivity index (χ3n) is 6.86. The summed E-state index contributed by atoms with van der Waals surface area (Å²) < 4.78 is 41.0. The fraction of sp³-hybridized carbons (Fsp3) is 0.682. The third-order valence-corrected chi connectivity index (χ3v) is 6.86. The van der Waals surface area contributed by atoms with Crippen molar-refractivity contribution >= 4 is 11.6 Å². The van der Waals surface area contributed by atoms with E-state index in [1.54, 1.807) is 0 Å². The predicted molar refractivity (Wildman–Crippen MR) is 111 cm³/mol. The maximum Gasteiger partial charge on any atom is 0.417 e. The monoisotopic (exact) mass is 437 g/mol. The first-order valence-electron chi connectivity index (χ1n) is 11.3. The lowest BCUT2D eigenvalue weighted by Gasteiger charge is -2.41. The smallest absolute Gasteiger partial charge is 0.338 e. The molecule has 2 aromatic heterocycles. The number of carbonyl (C=O) groups excluding carboxylic acids is 1. The van der Waals surface area contributed by atoms with E-state index in [0.29, 0.717) is 24.1 Å². The van der Waals surface area contributed by atoms with Crippen molar-refractivity contribution < 1.29 is 18.0 Å². The van der Waals surface area contributed by atoms with Crippen LogP contribution < -0.4 is 0 Å². The minimum Gasteiger partial charge on any atom is -0.338 e. The number of nitrogens with zero attached hydrogens (tertiary/aromatic N) is 5. The molecule has 4 heterocycles. The van der Waals surface area contributed by atoms with Gasteiger partial charge in [0.15, 0.2) is 5.65 Å². The van der Waals surface area contributed by atoms with E-state index in [9.17, 15) is 18.0 Å². The Balaban J connectivity index is 1.52. The summed E-state index contributed by atoms with van der Waals surface area (Å²) >= 11 is 0. The van der Waals surface area contributed by atoms with Gasteiger partial charge in [-0.2, -0.15) is 13.2 Å². The summed E-state index contributed by atoms with van der Waals surface area (Å²) in [7, 11) is 0. The zero-order valence-corrected chi connectivity index (χ0v) is 18.1. The molecule has 3 unspecified atom stereocenters. The highest BCUT2D eigenvalue weighted by molar-refractivity contribution is 5.82. The maximum absolute atomic E-state index is 13.3. The molecule has 2 fully saturated rings. The summed E-state index contributed by atoms with van der Waals surface area (Å²) in [6, 6.07) is 2.45. The number of halogens is 3. The zero-order valence-electron chi connectivity index (χ0n) is 18.1. The first-order valence-corrected chi connectivity index (χ1v) is 11.3. The minimum absolute atomic E-state index is 0.0641. The lowest BCUT2D eigenvalue weighted by molar-refractivity contribution is -0.141. The van der Waals surface area contributed by atoms with E-state index in [1.807, 2.05) is 11.8 Å². The van der Waals surface area contributed by atoms with Crippen molar-refractivity contribution in [3.05, 3.63) is 29.7 Å². The van der Waals surface area contributed by atoms with E-state index in [2.05, 4.69) is 22.0 Å². The SMILES string of the molecule is CCC1CCCCN1C(=O)C(C)N1CCCC(c2nnc3ccc(C(F)(F)F)cn23)C1. The second-order valence-corrected chi connectivity index (χ2v) is 8.80. The number of carbonyl (C=O) groups is 1. The number of hydrogen-bond donors (Lipinski definition) is 0. The van der Waals surface area contributed by atoms with Crippen molar-refractivity contribution in [3.63, 3.8) is 0 Å². The fourth-order valence-electron chi connectivity index (χ4n) is 5.03. The molecule has 2 aromatic rings. The van der Waals surface area contributed by atoms with E-state index < -0.39 is 11.7 Å². The van der Waals surface area contributed by atoms with Crippen LogP contribution in [0.25, 0.3) is 5.65 Å². The van der Waals surface area contributed by atoms with Gasteiger partial charge in [0.05, 0.1) is 11.6 Å². The van der Waals surface area contributed by atoms with Gasteiger partial charge in [-0.25, -0.2) is 0 Å². The molecule has 2 aliphatic rings. The largest absolute Gasteiger partial charge is 0.417 e.